The number of rotatable bonds is 2. The first-order valence-corrected chi connectivity index (χ1v) is 5.07. The summed E-state index contributed by atoms with van der Waals surface area (Å²) in [6, 6.07) is 10.2. The molecule has 0 radical (unpaired) electrons. The molecule has 0 saturated carbocycles. The average Bonchev–Trinajstić information content (AvgIpc) is 2.69. The van der Waals surface area contributed by atoms with E-state index in [0.29, 0.717) is 5.57 Å². The van der Waals surface area contributed by atoms with E-state index in [-0.39, 0.29) is 0 Å². The van der Waals surface area contributed by atoms with Gasteiger partial charge in [0.25, 0.3) is 0 Å². The summed E-state index contributed by atoms with van der Waals surface area (Å²) in [7, 11) is 3.82. The molecule has 0 fully saturated rings. The lowest BCUT2D eigenvalue weighted by atomic mass is 10.1. The summed E-state index contributed by atoms with van der Waals surface area (Å²) in [5.74, 6) is 0. The van der Waals surface area contributed by atoms with Crippen molar-refractivity contribution in [3.05, 3.63) is 42.2 Å². The standard InChI is InChI=1S/C13H13N3/c1-16(2)9-10(7-14)12-8-15-13-6-4-3-5-11(12)13/h3-6,8-9,15H,1-2H3/b10-9+. The van der Waals surface area contributed by atoms with Crippen LogP contribution < -0.4 is 0 Å². The Bertz CT molecular complexity index is 570. The molecule has 3 heteroatoms. The maximum absolute atomic E-state index is 9.15. The fourth-order valence-electron chi connectivity index (χ4n) is 1.71. The summed E-state index contributed by atoms with van der Waals surface area (Å²) in [6.45, 7) is 0. The number of H-pyrrole nitrogens is 1. The second-order valence-corrected chi connectivity index (χ2v) is 3.87. The number of aromatic amines is 1. The van der Waals surface area contributed by atoms with Crippen LogP contribution in [0.25, 0.3) is 16.5 Å². The molecule has 1 heterocycles. The Labute approximate surface area is 94.6 Å². The van der Waals surface area contributed by atoms with E-state index in [1.54, 1.807) is 0 Å². The van der Waals surface area contributed by atoms with E-state index >= 15 is 0 Å². The highest BCUT2D eigenvalue weighted by Crippen LogP contribution is 2.24. The van der Waals surface area contributed by atoms with Gasteiger partial charge in [0.1, 0.15) is 6.07 Å². The minimum Gasteiger partial charge on any atom is -0.382 e. The van der Waals surface area contributed by atoms with Crippen LogP contribution in [0.15, 0.2) is 36.7 Å². The molecule has 0 aliphatic heterocycles. The molecule has 3 nitrogen and oxygen atoms in total. The first kappa shape index (κ1) is 10.3. The average molecular weight is 211 g/mol. The lowest BCUT2D eigenvalue weighted by Gasteiger charge is -2.05. The number of benzene rings is 1. The molecule has 0 bridgehead atoms. The van der Waals surface area contributed by atoms with Crippen LogP contribution in [0.5, 0.6) is 0 Å². The minimum absolute atomic E-state index is 0.669. The molecule has 0 amide bonds. The molecule has 16 heavy (non-hydrogen) atoms. The van der Waals surface area contributed by atoms with Gasteiger partial charge < -0.3 is 9.88 Å². The predicted octanol–water partition coefficient (Wildman–Crippen LogP) is 2.59. The van der Waals surface area contributed by atoms with Crippen LogP contribution in [-0.4, -0.2) is 24.0 Å². The number of hydrogen-bond acceptors (Lipinski definition) is 2. The minimum atomic E-state index is 0.669. The van der Waals surface area contributed by atoms with Crippen LogP contribution in [0.2, 0.25) is 0 Å². The Morgan fingerprint density at radius 1 is 1.38 bits per heavy atom. The summed E-state index contributed by atoms with van der Waals surface area (Å²) < 4.78 is 0. The Morgan fingerprint density at radius 2 is 2.12 bits per heavy atom. The van der Waals surface area contributed by atoms with Crippen molar-refractivity contribution in [1.82, 2.24) is 9.88 Å². The van der Waals surface area contributed by atoms with Crippen LogP contribution in [0.1, 0.15) is 5.56 Å². The quantitative estimate of drug-likeness (QED) is 0.776. The third-order valence-corrected chi connectivity index (χ3v) is 2.39. The van der Waals surface area contributed by atoms with E-state index in [1.807, 2.05) is 55.7 Å². The molecule has 1 aromatic heterocycles. The van der Waals surface area contributed by atoms with Crippen LogP contribution >= 0.6 is 0 Å². The van der Waals surface area contributed by atoms with Crippen molar-refractivity contribution in [2.75, 3.05) is 14.1 Å². The van der Waals surface area contributed by atoms with Crippen LogP contribution in [0.4, 0.5) is 0 Å². The predicted molar refractivity (Wildman–Crippen MR) is 65.6 cm³/mol. The lowest BCUT2D eigenvalue weighted by Crippen LogP contribution is -2.01. The summed E-state index contributed by atoms with van der Waals surface area (Å²) in [4.78, 5) is 5.04. The number of hydrogen-bond donors (Lipinski definition) is 1. The van der Waals surface area contributed by atoms with Gasteiger partial charge in [-0.1, -0.05) is 18.2 Å². The summed E-state index contributed by atoms with van der Waals surface area (Å²) >= 11 is 0. The largest absolute Gasteiger partial charge is 0.382 e. The highest BCUT2D eigenvalue weighted by atomic mass is 15.0. The first-order chi connectivity index (χ1) is 7.72. The lowest BCUT2D eigenvalue weighted by molar-refractivity contribution is 0.566. The first-order valence-electron chi connectivity index (χ1n) is 5.07. The van der Waals surface area contributed by atoms with E-state index in [9.17, 15) is 0 Å². The van der Waals surface area contributed by atoms with Crippen molar-refractivity contribution in [1.29, 1.82) is 5.26 Å². The van der Waals surface area contributed by atoms with Gasteiger partial charge in [0.2, 0.25) is 0 Å². The molecule has 0 aliphatic rings. The van der Waals surface area contributed by atoms with Crippen molar-refractivity contribution < 1.29 is 0 Å². The third-order valence-electron chi connectivity index (χ3n) is 2.39. The molecule has 0 spiro atoms. The zero-order valence-corrected chi connectivity index (χ0v) is 9.36. The van der Waals surface area contributed by atoms with Gasteiger partial charge in [-0.05, 0) is 6.07 Å². The topological polar surface area (TPSA) is 42.8 Å². The molecule has 1 aromatic carbocycles. The van der Waals surface area contributed by atoms with Crippen molar-refractivity contribution >= 4 is 16.5 Å². The molecule has 0 aliphatic carbocycles. The van der Waals surface area contributed by atoms with Crippen molar-refractivity contribution in [2.24, 2.45) is 0 Å². The Morgan fingerprint density at radius 3 is 2.81 bits per heavy atom. The maximum Gasteiger partial charge on any atom is 0.101 e. The summed E-state index contributed by atoms with van der Waals surface area (Å²) in [6.07, 6.45) is 3.71. The van der Waals surface area contributed by atoms with E-state index in [2.05, 4.69) is 11.1 Å². The van der Waals surface area contributed by atoms with Crippen molar-refractivity contribution in [2.45, 2.75) is 0 Å². The second-order valence-electron chi connectivity index (χ2n) is 3.87. The molecule has 0 saturated heterocycles. The highest BCUT2D eigenvalue weighted by molar-refractivity contribution is 5.95. The number of fused-ring (bicyclic) bond motifs is 1. The van der Waals surface area contributed by atoms with Gasteiger partial charge >= 0.3 is 0 Å². The SMILES string of the molecule is CN(C)/C=C(\C#N)c1c[nH]c2ccccc12. The number of nitriles is 1. The monoisotopic (exact) mass is 211 g/mol. The summed E-state index contributed by atoms with van der Waals surface area (Å²) in [5, 5.41) is 10.2. The van der Waals surface area contributed by atoms with Crippen LogP contribution in [-0.2, 0) is 0 Å². The molecule has 1 N–H and O–H groups in total. The van der Waals surface area contributed by atoms with Gasteiger partial charge in [-0.3, -0.25) is 0 Å². The van der Waals surface area contributed by atoms with Gasteiger partial charge in [-0.2, -0.15) is 5.26 Å². The fraction of sp³-hybridized carbons (Fsp3) is 0.154. The smallest absolute Gasteiger partial charge is 0.101 e. The van der Waals surface area contributed by atoms with Gasteiger partial charge in [-0.25, -0.2) is 0 Å². The van der Waals surface area contributed by atoms with E-state index in [4.69, 9.17) is 5.26 Å². The number of nitrogens with one attached hydrogen (secondary N) is 1. The number of aromatic nitrogens is 1. The molecule has 2 aromatic rings. The Hall–Kier alpha value is -2.21. The van der Waals surface area contributed by atoms with Gasteiger partial charge in [-0.15, -0.1) is 0 Å². The van der Waals surface area contributed by atoms with Crippen molar-refractivity contribution in [3.8, 4) is 6.07 Å². The maximum atomic E-state index is 9.15. The Kier molecular flexibility index (Phi) is 2.65. The molecule has 2 rings (SSSR count). The number of para-hydroxylation sites is 1. The van der Waals surface area contributed by atoms with E-state index < -0.39 is 0 Å². The fourth-order valence-corrected chi connectivity index (χ4v) is 1.71. The Balaban J connectivity index is 2.59. The zero-order valence-electron chi connectivity index (χ0n) is 9.36. The van der Waals surface area contributed by atoms with Crippen LogP contribution in [0, 0.1) is 11.3 Å². The molecule has 0 unspecified atom stereocenters. The number of nitrogens with zero attached hydrogens (tertiary/aromatic N) is 2. The highest BCUT2D eigenvalue weighted by Gasteiger charge is 2.07. The van der Waals surface area contributed by atoms with E-state index in [1.165, 1.54) is 0 Å². The zero-order chi connectivity index (χ0) is 11.5. The third kappa shape index (κ3) is 1.78. The molecule has 0 atom stereocenters. The molecule has 80 valence electrons. The van der Waals surface area contributed by atoms with E-state index in [0.717, 1.165) is 16.5 Å². The van der Waals surface area contributed by atoms with Crippen molar-refractivity contribution in [3.63, 3.8) is 0 Å². The van der Waals surface area contributed by atoms with Gasteiger partial charge in [0.05, 0.1) is 5.57 Å². The number of allylic oxidation sites excluding steroid dienone is 1. The van der Waals surface area contributed by atoms with Gasteiger partial charge in [0, 0.05) is 43.0 Å². The van der Waals surface area contributed by atoms with Gasteiger partial charge in [0.15, 0.2) is 0 Å². The molecular formula is C13H13N3. The molecular weight excluding hydrogens is 198 g/mol. The normalized spacial score (nSPS) is 11.4. The summed E-state index contributed by atoms with van der Waals surface area (Å²) in [5.41, 5.74) is 2.67. The van der Waals surface area contributed by atoms with Crippen LogP contribution in [0.3, 0.4) is 0 Å². The second kappa shape index (κ2) is 4.11.